The van der Waals surface area contributed by atoms with E-state index in [-0.39, 0.29) is 16.3 Å². The van der Waals surface area contributed by atoms with Crippen molar-refractivity contribution in [3.8, 4) is 11.5 Å². The Morgan fingerprint density at radius 1 is 1.00 bits per heavy atom. The Labute approximate surface area is 202 Å². The van der Waals surface area contributed by atoms with Crippen LogP contribution < -0.4 is 20.2 Å². The zero-order chi connectivity index (χ0) is 23.8. The highest BCUT2D eigenvalue weighted by Crippen LogP contribution is 2.24. The molecule has 3 aromatic rings. The van der Waals surface area contributed by atoms with Gasteiger partial charge in [0.25, 0.3) is 0 Å². The second-order valence-electron chi connectivity index (χ2n) is 6.44. The Kier molecular flexibility index (Phi) is 8.17. The Balaban J connectivity index is 1.67. The molecule has 0 spiro atoms. The smallest absolute Gasteiger partial charge is 0.345 e. The maximum atomic E-state index is 12.5. The molecule has 0 aliphatic rings. The second kappa shape index (κ2) is 11.3. The van der Waals surface area contributed by atoms with Crippen molar-refractivity contribution in [3.05, 3.63) is 87.4 Å². The van der Waals surface area contributed by atoms with Crippen LogP contribution in [0, 0.1) is 0 Å². The molecule has 0 aromatic heterocycles. The zero-order valence-corrected chi connectivity index (χ0v) is 19.5. The lowest BCUT2D eigenvalue weighted by molar-refractivity contribution is -0.136. The third-order valence-corrected chi connectivity index (χ3v) is 4.99. The molecule has 2 N–H and O–H groups in total. The van der Waals surface area contributed by atoms with Crippen LogP contribution in [-0.4, -0.2) is 31.1 Å². The zero-order valence-electron chi connectivity index (χ0n) is 17.2. The van der Waals surface area contributed by atoms with Gasteiger partial charge >= 0.3 is 17.8 Å². The van der Waals surface area contributed by atoms with Crippen LogP contribution in [0.25, 0.3) is 0 Å². The molecule has 0 heterocycles. The van der Waals surface area contributed by atoms with Gasteiger partial charge in [-0.25, -0.2) is 10.2 Å². The highest BCUT2D eigenvalue weighted by molar-refractivity contribution is 9.10. The topological polar surface area (TPSA) is 106 Å². The number of methoxy groups -OCH3 is 1. The van der Waals surface area contributed by atoms with Gasteiger partial charge in [-0.1, -0.05) is 45.7 Å². The van der Waals surface area contributed by atoms with Crippen molar-refractivity contribution in [2.75, 3.05) is 12.4 Å². The van der Waals surface area contributed by atoms with Crippen molar-refractivity contribution in [1.82, 2.24) is 5.43 Å². The van der Waals surface area contributed by atoms with Crippen LogP contribution in [0.1, 0.15) is 15.9 Å². The number of nitrogens with one attached hydrogen (secondary N) is 2. The maximum absolute atomic E-state index is 12.5. The number of ether oxygens (including phenoxy) is 2. The summed E-state index contributed by atoms with van der Waals surface area (Å²) in [6.07, 6.45) is 1.25. The van der Waals surface area contributed by atoms with Gasteiger partial charge in [-0.05, 0) is 42.5 Å². The number of nitrogens with zero attached hydrogens (tertiary/aromatic N) is 1. The van der Waals surface area contributed by atoms with Gasteiger partial charge < -0.3 is 14.8 Å². The SMILES string of the molecule is COc1cccc(NC(=O)C(=O)NN=Cc2cc(Br)ccc2OC(=O)c2ccccc2Cl)c1. The molecule has 10 heteroatoms. The Bertz CT molecular complexity index is 1230. The summed E-state index contributed by atoms with van der Waals surface area (Å²) in [5, 5.41) is 6.48. The summed E-state index contributed by atoms with van der Waals surface area (Å²) in [6.45, 7) is 0. The molecule has 33 heavy (non-hydrogen) atoms. The highest BCUT2D eigenvalue weighted by atomic mass is 79.9. The standard InChI is InChI=1S/C23H17BrClN3O5/c1-32-17-6-4-5-16(12-17)27-21(29)22(30)28-26-13-14-11-15(24)9-10-20(14)33-23(31)18-7-2-3-8-19(18)25/h2-13H,1H3,(H,27,29)(H,28,30). The Morgan fingerprint density at radius 3 is 2.55 bits per heavy atom. The average Bonchev–Trinajstić information content (AvgIpc) is 2.81. The normalized spacial score (nSPS) is 10.5. The number of benzene rings is 3. The summed E-state index contributed by atoms with van der Waals surface area (Å²) in [7, 11) is 1.49. The molecule has 0 aliphatic heterocycles. The average molecular weight is 531 g/mol. The van der Waals surface area contributed by atoms with Crippen LogP contribution >= 0.6 is 27.5 Å². The monoisotopic (exact) mass is 529 g/mol. The van der Waals surface area contributed by atoms with Crippen LogP contribution in [0.2, 0.25) is 5.02 Å². The van der Waals surface area contributed by atoms with Crippen molar-refractivity contribution < 1.29 is 23.9 Å². The minimum Gasteiger partial charge on any atom is -0.497 e. The molecule has 0 unspecified atom stereocenters. The lowest BCUT2D eigenvalue weighted by atomic mass is 10.2. The van der Waals surface area contributed by atoms with Crippen molar-refractivity contribution >= 4 is 57.2 Å². The fourth-order valence-electron chi connectivity index (χ4n) is 2.59. The molecular weight excluding hydrogens is 514 g/mol. The van der Waals surface area contributed by atoms with E-state index in [0.717, 1.165) is 0 Å². The molecule has 0 atom stereocenters. The summed E-state index contributed by atoms with van der Waals surface area (Å²) in [6, 6.07) is 17.9. The first-order chi connectivity index (χ1) is 15.9. The fraction of sp³-hybridized carbons (Fsp3) is 0.0435. The van der Waals surface area contributed by atoms with Gasteiger partial charge in [0.2, 0.25) is 0 Å². The summed E-state index contributed by atoms with van der Waals surface area (Å²) >= 11 is 9.37. The number of carbonyl (C=O) groups is 3. The van der Waals surface area contributed by atoms with Crippen LogP contribution in [0.5, 0.6) is 11.5 Å². The number of esters is 1. The summed E-state index contributed by atoms with van der Waals surface area (Å²) < 4.78 is 11.2. The quantitative estimate of drug-likeness (QED) is 0.161. The van der Waals surface area contributed by atoms with E-state index >= 15 is 0 Å². The van der Waals surface area contributed by atoms with E-state index in [9.17, 15) is 14.4 Å². The van der Waals surface area contributed by atoms with Gasteiger partial charge in [-0.2, -0.15) is 5.10 Å². The van der Waals surface area contributed by atoms with Crippen LogP contribution in [0.4, 0.5) is 5.69 Å². The Hall–Kier alpha value is -3.69. The lowest BCUT2D eigenvalue weighted by Crippen LogP contribution is -2.32. The molecule has 0 bridgehead atoms. The molecule has 8 nitrogen and oxygen atoms in total. The molecular formula is C23H17BrClN3O5. The molecule has 0 saturated carbocycles. The fourth-order valence-corrected chi connectivity index (χ4v) is 3.19. The highest BCUT2D eigenvalue weighted by Gasteiger charge is 2.15. The van der Waals surface area contributed by atoms with E-state index in [1.165, 1.54) is 13.3 Å². The Morgan fingerprint density at radius 2 is 1.79 bits per heavy atom. The van der Waals surface area contributed by atoms with Gasteiger partial charge in [-0.3, -0.25) is 9.59 Å². The third kappa shape index (κ3) is 6.64. The molecule has 3 rings (SSSR count). The molecule has 0 aliphatic carbocycles. The molecule has 0 saturated heterocycles. The molecule has 2 amide bonds. The third-order valence-electron chi connectivity index (χ3n) is 4.17. The van der Waals surface area contributed by atoms with E-state index in [2.05, 4.69) is 31.8 Å². The first-order valence-corrected chi connectivity index (χ1v) is 10.6. The second-order valence-corrected chi connectivity index (χ2v) is 7.76. The molecule has 3 aromatic carbocycles. The van der Waals surface area contributed by atoms with Crippen molar-refractivity contribution in [1.29, 1.82) is 0 Å². The van der Waals surface area contributed by atoms with Crippen LogP contribution in [0.3, 0.4) is 0 Å². The number of rotatable bonds is 6. The molecule has 0 radical (unpaired) electrons. The number of carbonyl (C=O) groups excluding carboxylic acids is 3. The number of amides is 2. The lowest BCUT2D eigenvalue weighted by Gasteiger charge is -2.09. The minimum absolute atomic E-state index is 0.182. The van der Waals surface area contributed by atoms with E-state index < -0.39 is 17.8 Å². The predicted molar refractivity (Wildman–Crippen MR) is 128 cm³/mol. The van der Waals surface area contributed by atoms with E-state index in [4.69, 9.17) is 21.1 Å². The molecule has 168 valence electrons. The largest absolute Gasteiger partial charge is 0.497 e. The van der Waals surface area contributed by atoms with Crippen molar-refractivity contribution in [2.24, 2.45) is 5.10 Å². The van der Waals surface area contributed by atoms with Gasteiger partial charge in [0.05, 0.1) is 23.9 Å². The first kappa shape index (κ1) is 24.0. The number of hydrogen-bond acceptors (Lipinski definition) is 6. The number of hydrazone groups is 1. The summed E-state index contributed by atoms with van der Waals surface area (Å²) in [5.41, 5.74) is 3.09. The van der Waals surface area contributed by atoms with Gasteiger partial charge in [0, 0.05) is 21.8 Å². The van der Waals surface area contributed by atoms with E-state index in [1.54, 1.807) is 66.7 Å². The first-order valence-electron chi connectivity index (χ1n) is 9.42. The summed E-state index contributed by atoms with van der Waals surface area (Å²) in [5.74, 6) is -1.85. The number of hydrogen-bond donors (Lipinski definition) is 2. The van der Waals surface area contributed by atoms with Gasteiger partial charge in [0.1, 0.15) is 11.5 Å². The molecule has 0 fully saturated rings. The number of anilines is 1. The van der Waals surface area contributed by atoms with Crippen LogP contribution in [0.15, 0.2) is 76.3 Å². The van der Waals surface area contributed by atoms with Gasteiger partial charge in [-0.15, -0.1) is 0 Å². The van der Waals surface area contributed by atoms with E-state index in [1.807, 2.05) is 0 Å². The number of halogens is 2. The van der Waals surface area contributed by atoms with Crippen LogP contribution in [-0.2, 0) is 9.59 Å². The van der Waals surface area contributed by atoms with Crippen molar-refractivity contribution in [3.63, 3.8) is 0 Å². The van der Waals surface area contributed by atoms with Crippen molar-refractivity contribution in [2.45, 2.75) is 0 Å². The summed E-state index contributed by atoms with van der Waals surface area (Å²) in [4.78, 5) is 36.6. The predicted octanol–water partition coefficient (Wildman–Crippen LogP) is 4.42. The van der Waals surface area contributed by atoms with Gasteiger partial charge in [0.15, 0.2) is 0 Å². The van der Waals surface area contributed by atoms with E-state index in [0.29, 0.717) is 21.5 Å². The minimum atomic E-state index is -0.987. The maximum Gasteiger partial charge on any atom is 0.345 e.